The van der Waals surface area contributed by atoms with Crippen LogP contribution in [0.1, 0.15) is 36.6 Å². The Balaban J connectivity index is 1.91. The number of nitrogens with zero attached hydrogens (tertiary/aromatic N) is 3. The predicted molar refractivity (Wildman–Crippen MR) is 136 cm³/mol. The molecule has 3 aromatic rings. The molecule has 0 atom stereocenters. The normalized spacial score (nSPS) is 12.7. The lowest BCUT2D eigenvalue weighted by Gasteiger charge is -2.30. The molecule has 36 heavy (non-hydrogen) atoms. The standard InChI is InChI=1S/C22H9Cl6N3O5/c23-10-6-5-9(13(7-10)31(35)36)8-29(20(32)11-3-1-2-4-12(11)24)30-21(33)14-15(22(30)34)17(26)19(28)18(27)16(14)25/h1-7H,8H2. The summed E-state index contributed by atoms with van der Waals surface area (Å²) >= 11 is 36.6. The second kappa shape index (κ2) is 10.0. The zero-order valence-corrected chi connectivity index (χ0v) is 21.9. The molecule has 0 saturated heterocycles. The third-order valence-corrected chi connectivity index (χ3v) is 7.59. The summed E-state index contributed by atoms with van der Waals surface area (Å²) in [5, 5.41) is 11.7. The summed E-state index contributed by atoms with van der Waals surface area (Å²) in [6.45, 7) is -0.598. The summed E-state index contributed by atoms with van der Waals surface area (Å²) in [4.78, 5) is 51.5. The van der Waals surface area contributed by atoms with Crippen LogP contribution in [0.3, 0.4) is 0 Å². The molecule has 1 aliphatic heterocycles. The Morgan fingerprint density at radius 3 is 1.94 bits per heavy atom. The van der Waals surface area contributed by atoms with Gasteiger partial charge in [-0.1, -0.05) is 81.7 Å². The highest BCUT2D eigenvalue weighted by Crippen LogP contribution is 2.45. The van der Waals surface area contributed by atoms with E-state index in [2.05, 4.69) is 0 Å². The van der Waals surface area contributed by atoms with E-state index in [0.29, 0.717) is 10.0 Å². The molecule has 0 radical (unpaired) electrons. The number of imide groups is 1. The number of halogens is 6. The van der Waals surface area contributed by atoms with Crippen LogP contribution < -0.4 is 0 Å². The summed E-state index contributed by atoms with van der Waals surface area (Å²) in [6.07, 6.45) is 0. The van der Waals surface area contributed by atoms with Crippen molar-refractivity contribution in [2.24, 2.45) is 0 Å². The van der Waals surface area contributed by atoms with E-state index in [4.69, 9.17) is 69.6 Å². The number of hydrogen-bond acceptors (Lipinski definition) is 5. The number of benzene rings is 3. The molecule has 3 amide bonds. The Labute approximate surface area is 232 Å². The lowest BCUT2D eigenvalue weighted by molar-refractivity contribution is -0.385. The van der Waals surface area contributed by atoms with Gasteiger partial charge in [-0.05, 0) is 24.3 Å². The van der Waals surface area contributed by atoms with Gasteiger partial charge in [0.25, 0.3) is 23.4 Å². The van der Waals surface area contributed by atoms with Gasteiger partial charge in [0, 0.05) is 11.1 Å². The van der Waals surface area contributed by atoms with Gasteiger partial charge in [-0.15, -0.1) is 0 Å². The van der Waals surface area contributed by atoms with Crippen molar-refractivity contribution in [1.29, 1.82) is 0 Å². The summed E-state index contributed by atoms with van der Waals surface area (Å²) in [5.74, 6) is -3.00. The van der Waals surface area contributed by atoms with Crippen molar-refractivity contribution in [2.45, 2.75) is 6.54 Å². The summed E-state index contributed by atoms with van der Waals surface area (Å²) < 4.78 is 0. The molecule has 0 unspecified atom stereocenters. The highest BCUT2D eigenvalue weighted by atomic mass is 35.5. The predicted octanol–water partition coefficient (Wildman–Crippen LogP) is 7.37. The highest BCUT2D eigenvalue weighted by Gasteiger charge is 2.46. The van der Waals surface area contributed by atoms with Crippen LogP contribution in [0.5, 0.6) is 0 Å². The molecule has 0 aromatic heterocycles. The molecule has 0 fully saturated rings. The molecule has 4 rings (SSSR count). The summed E-state index contributed by atoms with van der Waals surface area (Å²) in [5.41, 5.74) is -1.30. The van der Waals surface area contributed by atoms with E-state index in [9.17, 15) is 24.5 Å². The molecule has 0 spiro atoms. The van der Waals surface area contributed by atoms with Gasteiger partial charge in [-0.2, -0.15) is 5.01 Å². The third-order valence-electron chi connectivity index (χ3n) is 5.22. The van der Waals surface area contributed by atoms with Crippen LogP contribution in [0.4, 0.5) is 5.69 Å². The maximum atomic E-state index is 13.6. The van der Waals surface area contributed by atoms with Crippen molar-refractivity contribution < 1.29 is 19.3 Å². The van der Waals surface area contributed by atoms with Crippen LogP contribution in [-0.4, -0.2) is 32.7 Å². The molecule has 1 heterocycles. The number of hydrazine groups is 1. The van der Waals surface area contributed by atoms with Gasteiger partial charge in [-0.25, -0.2) is 5.01 Å². The first-order chi connectivity index (χ1) is 17.0. The van der Waals surface area contributed by atoms with Gasteiger partial charge in [0.05, 0.1) is 58.8 Å². The van der Waals surface area contributed by atoms with Crippen molar-refractivity contribution in [3.8, 4) is 0 Å². The van der Waals surface area contributed by atoms with Gasteiger partial charge in [0.15, 0.2) is 0 Å². The topological polar surface area (TPSA) is 101 Å². The fourth-order valence-corrected chi connectivity index (χ4v) is 4.96. The lowest BCUT2D eigenvalue weighted by atomic mass is 10.1. The van der Waals surface area contributed by atoms with Gasteiger partial charge in [-0.3, -0.25) is 24.5 Å². The number of fused-ring (bicyclic) bond motifs is 1. The summed E-state index contributed by atoms with van der Waals surface area (Å²) in [6, 6.07) is 9.59. The zero-order valence-electron chi connectivity index (χ0n) is 17.4. The maximum absolute atomic E-state index is 13.6. The second-order valence-corrected chi connectivity index (χ2v) is 9.66. The quantitative estimate of drug-likeness (QED) is 0.0991. The van der Waals surface area contributed by atoms with E-state index in [0.717, 1.165) is 6.07 Å². The van der Waals surface area contributed by atoms with Crippen molar-refractivity contribution in [1.82, 2.24) is 10.0 Å². The number of rotatable bonds is 5. The first-order valence-corrected chi connectivity index (χ1v) is 12.0. The van der Waals surface area contributed by atoms with E-state index in [1.807, 2.05) is 0 Å². The molecule has 3 aromatic carbocycles. The van der Waals surface area contributed by atoms with E-state index < -0.39 is 34.9 Å². The van der Waals surface area contributed by atoms with E-state index in [1.54, 1.807) is 6.07 Å². The third kappa shape index (κ3) is 4.38. The fraction of sp³-hybridized carbons (Fsp3) is 0.0455. The van der Waals surface area contributed by atoms with Crippen molar-refractivity contribution in [3.63, 3.8) is 0 Å². The molecule has 0 saturated carbocycles. The van der Waals surface area contributed by atoms with E-state index in [1.165, 1.54) is 30.3 Å². The maximum Gasteiger partial charge on any atom is 0.282 e. The zero-order chi connectivity index (χ0) is 26.5. The monoisotopic (exact) mass is 605 g/mol. The largest absolute Gasteiger partial charge is 0.282 e. The van der Waals surface area contributed by atoms with Crippen LogP contribution in [0, 0.1) is 10.1 Å². The van der Waals surface area contributed by atoms with E-state index in [-0.39, 0.29) is 52.4 Å². The average Bonchev–Trinajstić information content (AvgIpc) is 3.10. The van der Waals surface area contributed by atoms with Crippen LogP contribution in [0.25, 0.3) is 0 Å². The van der Waals surface area contributed by atoms with Crippen molar-refractivity contribution in [3.05, 3.63) is 105 Å². The van der Waals surface area contributed by atoms with Gasteiger partial charge >= 0.3 is 0 Å². The number of carbonyl (C=O) groups is 3. The minimum Gasteiger partial charge on any atom is -0.267 e. The Kier molecular flexibility index (Phi) is 7.39. The number of nitro groups is 1. The molecule has 184 valence electrons. The van der Waals surface area contributed by atoms with Gasteiger partial charge in [0.1, 0.15) is 0 Å². The van der Waals surface area contributed by atoms with Crippen LogP contribution in [0.2, 0.25) is 30.1 Å². The van der Waals surface area contributed by atoms with Gasteiger partial charge in [0.2, 0.25) is 0 Å². The smallest absolute Gasteiger partial charge is 0.267 e. The van der Waals surface area contributed by atoms with Crippen LogP contribution >= 0.6 is 69.6 Å². The lowest BCUT2D eigenvalue weighted by Crippen LogP contribution is -2.49. The highest BCUT2D eigenvalue weighted by molar-refractivity contribution is 6.55. The number of hydrogen-bond donors (Lipinski definition) is 0. The van der Waals surface area contributed by atoms with Crippen LogP contribution in [-0.2, 0) is 6.54 Å². The fourth-order valence-electron chi connectivity index (χ4n) is 3.57. The number of amides is 3. The molecule has 1 aliphatic rings. The Hall–Kier alpha value is -2.59. The molecule has 0 N–H and O–H groups in total. The summed E-state index contributed by atoms with van der Waals surface area (Å²) in [7, 11) is 0. The molecule has 0 bridgehead atoms. The molecule has 0 aliphatic carbocycles. The Morgan fingerprint density at radius 2 is 1.42 bits per heavy atom. The van der Waals surface area contributed by atoms with Crippen LogP contribution in [0.15, 0.2) is 42.5 Å². The number of carbonyl (C=O) groups excluding carboxylic acids is 3. The Morgan fingerprint density at radius 1 is 0.861 bits per heavy atom. The van der Waals surface area contributed by atoms with Crippen molar-refractivity contribution >= 4 is 93.0 Å². The molecular weight excluding hydrogens is 599 g/mol. The number of nitro benzene ring substituents is 1. The van der Waals surface area contributed by atoms with Crippen molar-refractivity contribution in [2.75, 3.05) is 0 Å². The first kappa shape index (κ1) is 26.5. The minimum absolute atomic E-state index is 0.0110. The second-order valence-electron chi connectivity index (χ2n) is 7.30. The first-order valence-electron chi connectivity index (χ1n) is 9.69. The molecule has 8 nitrogen and oxygen atoms in total. The molecule has 14 heteroatoms. The minimum atomic E-state index is -1.04. The SMILES string of the molecule is O=C(c1ccccc1Cl)N(Cc1ccc(Cl)cc1[N+](=O)[O-])N1C(=O)c2c(Cl)c(Cl)c(Cl)c(Cl)c2C1=O. The van der Waals surface area contributed by atoms with E-state index >= 15 is 0 Å². The molecular formula is C22H9Cl6N3O5. The Bertz CT molecular complexity index is 1450. The van der Waals surface area contributed by atoms with Gasteiger partial charge < -0.3 is 0 Å². The average molecular weight is 608 g/mol.